The maximum absolute atomic E-state index is 3.77. The first-order valence-electron chi connectivity index (χ1n) is 6.97. The highest BCUT2D eigenvalue weighted by Gasteiger charge is 2.24. The molecule has 0 heterocycles. The van der Waals surface area contributed by atoms with Crippen molar-refractivity contribution in [3.8, 4) is 0 Å². The summed E-state index contributed by atoms with van der Waals surface area (Å²) in [5.74, 6) is 2.99. The van der Waals surface area contributed by atoms with E-state index in [0.29, 0.717) is 0 Å². The Morgan fingerprint density at radius 1 is 1.00 bits per heavy atom. The van der Waals surface area contributed by atoms with E-state index in [4.69, 9.17) is 0 Å². The van der Waals surface area contributed by atoms with Crippen molar-refractivity contribution < 1.29 is 0 Å². The van der Waals surface area contributed by atoms with E-state index in [2.05, 4.69) is 19.2 Å². The summed E-state index contributed by atoms with van der Waals surface area (Å²) in [4.78, 5) is 0. The fraction of sp³-hybridized carbons (Fsp3) is 1.00. The second-order valence-electron chi connectivity index (χ2n) is 6.15. The summed E-state index contributed by atoms with van der Waals surface area (Å²) in [7, 11) is 0. The monoisotopic (exact) mass is 209 g/mol. The summed E-state index contributed by atoms with van der Waals surface area (Å²) in [6.45, 7) is 6.09. The molecule has 0 spiro atoms. The van der Waals surface area contributed by atoms with Crippen molar-refractivity contribution in [1.29, 1.82) is 0 Å². The van der Waals surface area contributed by atoms with Crippen LogP contribution in [0.2, 0.25) is 0 Å². The molecule has 2 aliphatic rings. The van der Waals surface area contributed by atoms with E-state index in [1.165, 1.54) is 51.5 Å². The zero-order chi connectivity index (χ0) is 10.7. The maximum Gasteiger partial charge on any atom is 0.00721 e. The fourth-order valence-electron chi connectivity index (χ4n) is 3.22. The predicted molar refractivity (Wildman–Crippen MR) is 65.9 cm³/mol. The molecule has 2 saturated carbocycles. The van der Waals surface area contributed by atoms with Gasteiger partial charge >= 0.3 is 0 Å². The molecule has 0 aromatic heterocycles. The van der Waals surface area contributed by atoms with Gasteiger partial charge in [-0.1, -0.05) is 26.7 Å². The van der Waals surface area contributed by atoms with E-state index in [1.54, 1.807) is 0 Å². The van der Waals surface area contributed by atoms with Gasteiger partial charge in [-0.05, 0) is 56.4 Å². The van der Waals surface area contributed by atoms with Crippen molar-refractivity contribution in [2.24, 2.45) is 17.8 Å². The Morgan fingerprint density at radius 3 is 2.27 bits per heavy atom. The minimum atomic E-state index is 0.822. The molecular weight excluding hydrogens is 182 g/mol. The standard InChI is InChI=1S/C14H27N/c1-11-8-12(2)10-14(9-11)15-7-3-4-13-5-6-13/h11-15H,3-10H2,1-2H3. The molecule has 2 rings (SSSR count). The van der Waals surface area contributed by atoms with Crippen LogP contribution in [-0.4, -0.2) is 12.6 Å². The predicted octanol–water partition coefficient (Wildman–Crippen LogP) is 3.59. The normalized spacial score (nSPS) is 36.8. The van der Waals surface area contributed by atoms with Crippen LogP contribution in [0.4, 0.5) is 0 Å². The highest BCUT2D eigenvalue weighted by atomic mass is 14.9. The lowest BCUT2D eigenvalue weighted by atomic mass is 9.80. The van der Waals surface area contributed by atoms with Crippen LogP contribution in [0.5, 0.6) is 0 Å². The number of rotatable bonds is 5. The zero-order valence-electron chi connectivity index (χ0n) is 10.5. The zero-order valence-corrected chi connectivity index (χ0v) is 10.5. The van der Waals surface area contributed by atoms with Crippen molar-refractivity contribution in [3.63, 3.8) is 0 Å². The Hall–Kier alpha value is -0.0400. The summed E-state index contributed by atoms with van der Waals surface area (Å²) in [5, 5.41) is 3.77. The van der Waals surface area contributed by atoms with Crippen LogP contribution in [0.25, 0.3) is 0 Å². The van der Waals surface area contributed by atoms with Crippen LogP contribution >= 0.6 is 0 Å². The van der Waals surface area contributed by atoms with Crippen LogP contribution in [0.3, 0.4) is 0 Å². The Balaban J connectivity index is 1.56. The lowest BCUT2D eigenvalue weighted by Crippen LogP contribution is -2.36. The van der Waals surface area contributed by atoms with Gasteiger partial charge in [0.25, 0.3) is 0 Å². The van der Waals surface area contributed by atoms with Gasteiger partial charge in [0.2, 0.25) is 0 Å². The van der Waals surface area contributed by atoms with Gasteiger partial charge in [-0.2, -0.15) is 0 Å². The first-order chi connectivity index (χ1) is 7.24. The topological polar surface area (TPSA) is 12.0 Å². The van der Waals surface area contributed by atoms with Gasteiger partial charge in [-0.3, -0.25) is 0 Å². The fourth-order valence-corrected chi connectivity index (χ4v) is 3.22. The first-order valence-corrected chi connectivity index (χ1v) is 6.97. The van der Waals surface area contributed by atoms with Gasteiger partial charge in [0.1, 0.15) is 0 Å². The molecule has 0 amide bonds. The minimum Gasteiger partial charge on any atom is -0.314 e. The third-order valence-electron chi connectivity index (χ3n) is 4.10. The highest BCUT2D eigenvalue weighted by Crippen LogP contribution is 2.33. The Kier molecular flexibility index (Phi) is 4.07. The quantitative estimate of drug-likeness (QED) is 0.682. The number of hydrogen-bond acceptors (Lipinski definition) is 1. The molecule has 0 aromatic carbocycles. The third-order valence-corrected chi connectivity index (χ3v) is 4.10. The van der Waals surface area contributed by atoms with Crippen LogP contribution < -0.4 is 5.32 Å². The molecule has 2 unspecified atom stereocenters. The summed E-state index contributed by atoms with van der Waals surface area (Å²) >= 11 is 0. The van der Waals surface area contributed by atoms with Gasteiger partial charge in [-0.15, -0.1) is 0 Å². The molecule has 2 atom stereocenters. The van der Waals surface area contributed by atoms with Gasteiger partial charge < -0.3 is 5.32 Å². The van der Waals surface area contributed by atoms with Crippen LogP contribution in [0.15, 0.2) is 0 Å². The maximum atomic E-state index is 3.77. The summed E-state index contributed by atoms with van der Waals surface area (Å²) in [6, 6.07) is 0.822. The first kappa shape index (κ1) is 11.4. The molecule has 0 bridgehead atoms. The molecule has 2 aliphatic carbocycles. The van der Waals surface area contributed by atoms with Gasteiger partial charge in [0, 0.05) is 6.04 Å². The molecular formula is C14H27N. The van der Waals surface area contributed by atoms with E-state index in [1.807, 2.05) is 0 Å². The van der Waals surface area contributed by atoms with E-state index >= 15 is 0 Å². The third kappa shape index (κ3) is 4.14. The molecule has 1 nitrogen and oxygen atoms in total. The van der Waals surface area contributed by atoms with Gasteiger partial charge in [0.05, 0.1) is 0 Å². The van der Waals surface area contributed by atoms with E-state index in [9.17, 15) is 0 Å². The van der Waals surface area contributed by atoms with Crippen LogP contribution in [0, 0.1) is 17.8 Å². The Morgan fingerprint density at radius 2 is 1.67 bits per heavy atom. The van der Waals surface area contributed by atoms with Gasteiger partial charge in [0.15, 0.2) is 0 Å². The molecule has 0 saturated heterocycles. The molecule has 0 aliphatic heterocycles. The molecule has 15 heavy (non-hydrogen) atoms. The second kappa shape index (κ2) is 5.34. The van der Waals surface area contributed by atoms with Gasteiger partial charge in [-0.25, -0.2) is 0 Å². The molecule has 0 aromatic rings. The van der Waals surface area contributed by atoms with E-state index < -0.39 is 0 Å². The molecule has 1 N–H and O–H groups in total. The Labute approximate surface area is 95.0 Å². The van der Waals surface area contributed by atoms with Crippen molar-refractivity contribution in [1.82, 2.24) is 5.32 Å². The smallest absolute Gasteiger partial charge is 0.00721 e. The summed E-state index contributed by atoms with van der Waals surface area (Å²) < 4.78 is 0. The van der Waals surface area contributed by atoms with Crippen molar-refractivity contribution in [2.45, 2.75) is 64.8 Å². The van der Waals surface area contributed by atoms with Crippen molar-refractivity contribution in [3.05, 3.63) is 0 Å². The molecule has 1 heteroatoms. The molecule has 88 valence electrons. The average Bonchev–Trinajstić information content (AvgIpc) is 2.94. The van der Waals surface area contributed by atoms with E-state index in [-0.39, 0.29) is 0 Å². The van der Waals surface area contributed by atoms with Crippen LogP contribution in [-0.2, 0) is 0 Å². The van der Waals surface area contributed by atoms with Crippen molar-refractivity contribution >= 4 is 0 Å². The van der Waals surface area contributed by atoms with E-state index in [0.717, 1.165) is 23.8 Å². The largest absolute Gasteiger partial charge is 0.314 e. The minimum absolute atomic E-state index is 0.822. The van der Waals surface area contributed by atoms with Crippen molar-refractivity contribution in [2.75, 3.05) is 6.54 Å². The molecule has 0 radical (unpaired) electrons. The number of hydrogen-bond donors (Lipinski definition) is 1. The lowest BCUT2D eigenvalue weighted by Gasteiger charge is -2.32. The Bertz CT molecular complexity index is 176. The second-order valence-corrected chi connectivity index (χ2v) is 6.15. The summed E-state index contributed by atoms with van der Waals surface area (Å²) in [6.07, 6.45) is 10.2. The SMILES string of the molecule is CC1CC(C)CC(NCCCC2CC2)C1. The lowest BCUT2D eigenvalue weighted by molar-refractivity contribution is 0.238. The van der Waals surface area contributed by atoms with Crippen LogP contribution in [0.1, 0.15) is 58.8 Å². The highest BCUT2D eigenvalue weighted by molar-refractivity contribution is 4.80. The number of nitrogens with one attached hydrogen (secondary N) is 1. The summed E-state index contributed by atoms with van der Waals surface area (Å²) in [5.41, 5.74) is 0. The molecule has 2 fully saturated rings. The average molecular weight is 209 g/mol.